The number of H-pyrrole nitrogens is 1. The number of aromatic nitrogens is 3. The van der Waals surface area contributed by atoms with Gasteiger partial charge in [-0.05, 0) is 17.7 Å². The Morgan fingerprint density at radius 2 is 1.72 bits per heavy atom. The van der Waals surface area contributed by atoms with E-state index in [2.05, 4.69) is 15.0 Å². The van der Waals surface area contributed by atoms with Crippen LogP contribution in [-0.4, -0.2) is 26.5 Å². The number of benzene rings is 2. The third-order valence-corrected chi connectivity index (χ3v) is 5.17. The first-order chi connectivity index (χ1) is 13.9. The van der Waals surface area contributed by atoms with E-state index in [-0.39, 0.29) is 16.7 Å². The van der Waals surface area contributed by atoms with Crippen molar-refractivity contribution in [2.75, 3.05) is 5.75 Å². The number of Topliss-reactive ketones (excluding diaryl/α,β-unsaturated/α-hetero) is 1. The molecule has 0 radical (unpaired) electrons. The van der Waals surface area contributed by atoms with Crippen LogP contribution in [0, 0.1) is 0 Å². The molecule has 0 saturated heterocycles. The lowest BCUT2D eigenvalue weighted by atomic mass is 10.0. The Morgan fingerprint density at radius 1 is 1.00 bits per heavy atom. The molecule has 0 fully saturated rings. The number of halogens is 3. The van der Waals surface area contributed by atoms with Crippen LogP contribution in [0.4, 0.5) is 13.2 Å². The summed E-state index contributed by atoms with van der Waals surface area (Å²) in [6, 6.07) is 17.7. The highest BCUT2D eigenvalue weighted by molar-refractivity contribution is 7.99. The molecule has 0 amide bonds. The second kappa shape index (κ2) is 7.71. The van der Waals surface area contributed by atoms with Gasteiger partial charge in [-0.25, -0.2) is 9.97 Å². The zero-order chi connectivity index (χ0) is 20.4. The third-order valence-electron chi connectivity index (χ3n) is 4.30. The fraction of sp³-hybridized carbons (Fsp3) is 0.0952. The molecule has 4 nitrogen and oxygen atoms in total. The molecular formula is C21H14F3N3OS. The number of hydrogen-bond donors (Lipinski definition) is 1. The third kappa shape index (κ3) is 4.02. The van der Waals surface area contributed by atoms with Crippen molar-refractivity contribution in [3.8, 4) is 11.3 Å². The Morgan fingerprint density at radius 3 is 2.48 bits per heavy atom. The maximum atomic E-state index is 13.1. The van der Waals surface area contributed by atoms with Crippen LogP contribution in [0.5, 0.6) is 0 Å². The van der Waals surface area contributed by atoms with Gasteiger partial charge in [-0.3, -0.25) is 4.79 Å². The number of para-hydroxylation sites is 1. The Balaban J connectivity index is 1.66. The van der Waals surface area contributed by atoms with Gasteiger partial charge in [-0.2, -0.15) is 13.2 Å². The molecule has 0 aliphatic heterocycles. The minimum Gasteiger partial charge on any atom is -0.354 e. The molecule has 0 aliphatic carbocycles. The summed E-state index contributed by atoms with van der Waals surface area (Å²) in [6.07, 6.45) is -3.51. The summed E-state index contributed by atoms with van der Waals surface area (Å²) in [5.74, 6) is -0.296. The highest BCUT2D eigenvalue weighted by Crippen LogP contribution is 2.32. The standard InChI is InChI=1S/C21H14F3N3OS/c22-21(23,24)17-10-11-25-20(27-17)29-12-16(28)18-14-8-4-5-9-15(14)26-19(18)13-6-2-1-3-7-13/h1-11,26H,12H2. The largest absolute Gasteiger partial charge is 0.433 e. The first-order valence-electron chi connectivity index (χ1n) is 8.66. The lowest BCUT2D eigenvalue weighted by molar-refractivity contribution is -0.141. The number of carbonyl (C=O) groups excluding carboxylic acids is 1. The van der Waals surface area contributed by atoms with Gasteiger partial charge in [0.2, 0.25) is 0 Å². The molecule has 0 spiro atoms. The molecule has 2 aromatic carbocycles. The maximum Gasteiger partial charge on any atom is 0.433 e. The summed E-state index contributed by atoms with van der Waals surface area (Å²) in [5, 5.41) is 0.677. The van der Waals surface area contributed by atoms with Gasteiger partial charge in [0.1, 0.15) is 5.69 Å². The van der Waals surface area contributed by atoms with Crippen molar-refractivity contribution in [3.63, 3.8) is 0 Å². The van der Waals surface area contributed by atoms with Gasteiger partial charge < -0.3 is 4.98 Å². The Hall–Kier alpha value is -3.13. The number of fused-ring (bicyclic) bond motifs is 1. The van der Waals surface area contributed by atoms with E-state index >= 15 is 0 Å². The minimum absolute atomic E-state index is 0.0804. The quantitative estimate of drug-likeness (QED) is 0.262. The minimum atomic E-state index is -4.56. The smallest absolute Gasteiger partial charge is 0.354 e. The molecule has 146 valence electrons. The molecule has 0 unspecified atom stereocenters. The number of nitrogens with one attached hydrogen (secondary N) is 1. The second-order valence-corrected chi connectivity index (χ2v) is 7.16. The van der Waals surface area contributed by atoms with Crippen molar-refractivity contribution in [1.82, 2.24) is 15.0 Å². The Bertz CT molecular complexity index is 1170. The van der Waals surface area contributed by atoms with E-state index in [1.54, 1.807) is 0 Å². The molecule has 4 rings (SSSR count). The first kappa shape index (κ1) is 19.2. The SMILES string of the molecule is O=C(CSc1nccc(C(F)(F)F)n1)c1c(-c2ccccc2)[nH]c2ccccc12. The van der Waals surface area contributed by atoms with E-state index < -0.39 is 11.9 Å². The lowest BCUT2D eigenvalue weighted by Gasteiger charge is -2.07. The fourth-order valence-electron chi connectivity index (χ4n) is 3.02. The first-order valence-corrected chi connectivity index (χ1v) is 9.64. The number of nitrogens with zero attached hydrogens (tertiary/aromatic N) is 2. The zero-order valence-corrected chi connectivity index (χ0v) is 15.7. The molecule has 0 bridgehead atoms. The summed E-state index contributed by atoms with van der Waals surface area (Å²) < 4.78 is 38.5. The summed E-state index contributed by atoms with van der Waals surface area (Å²) in [7, 11) is 0. The summed E-state index contributed by atoms with van der Waals surface area (Å²) >= 11 is 0.884. The van der Waals surface area contributed by atoms with Crippen molar-refractivity contribution < 1.29 is 18.0 Å². The number of hydrogen-bond acceptors (Lipinski definition) is 4. The topological polar surface area (TPSA) is 58.6 Å². The molecule has 2 aromatic heterocycles. The van der Waals surface area contributed by atoms with Crippen LogP contribution in [0.1, 0.15) is 16.1 Å². The monoisotopic (exact) mass is 413 g/mol. The van der Waals surface area contributed by atoms with Crippen molar-refractivity contribution in [2.24, 2.45) is 0 Å². The molecule has 0 saturated carbocycles. The number of carbonyl (C=O) groups is 1. The number of thioether (sulfide) groups is 1. The lowest BCUT2D eigenvalue weighted by Crippen LogP contribution is -2.10. The van der Waals surface area contributed by atoms with Crippen LogP contribution >= 0.6 is 11.8 Å². The van der Waals surface area contributed by atoms with Crippen LogP contribution in [0.3, 0.4) is 0 Å². The molecule has 29 heavy (non-hydrogen) atoms. The average Bonchev–Trinajstić information content (AvgIpc) is 3.12. The van der Waals surface area contributed by atoms with Crippen molar-refractivity contribution in [3.05, 3.63) is 78.1 Å². The zero-order valence-electron chi connectivity index (χ0n) is 14.9. The highest BCUT2D eigenvalue weighted by Gasteiger charge is 2.33. The van der Waals surface area contributed by atoms with Gasteiger partial charge >= 0.3 is 6.18 Å². The van der Waals surface area contributed by atoms with Crippen LogP contribution in [0.25, 0.3) is 22.2 Å². The van der Waals surface area contributed by atoms with E-state index in [1.807, 2.05) is 54.6 Å². The number of aromatic amines is 1. The van der Waals surface area contributed by atoms with Gasteiger partial charge in [0.05, 0.1) is 17.0 Å². The van der Waals surface area contributed by atoms with E-state index in [4.69, 9.17) is 0 Å². The maximum absolute atomic E-state index is 13.1. The molecule has 2 heterocycles. The molecule has 0 aliphatic rings. The predicted octanol–water partition coefficient (Wildman–Crippen LogP) is 5.62. The van der Waals surface area contributed by atoms with Gasteiger partial charge in [0.15, 0.2) is 10.9 Å². The van der Waals surface area contributed by atoms with E-state index in [1.165, 1.54) is 0 Å². The van der Waals surface area contributed by atoms with Gasteiger partial charge in [-0.15, -0.1) is 0 Å². The number of rotatable bonds is 5. The van der Waals surface area contributed by atoms with Crippen molar-refractivity contribution in [2.45, 2.75) is 11.3 Å². The summed E-state index contributed by atoms with van der Waals surface area (Å²) in [6.45, 7) is 0. The summed E-state index contributed by atoms with van der Waals surface area (Å²) in [4.78, 5) is 23.7. The molecule has 8 heteroatoms. The fourth-order valence-corrected chi connectivity index (χ4v) is 3.73. The Kier molecular flexibility index (Phi) is 5.10. The van der Waals surface area contributed by atoms with Crippen molar-refractivity contribution in [1.29, 1.82) is 0 Å². The van der Waals surface area contributed by atoms with Crippen LogP contribution in [0.2, 0.25) is 0 Å². The molecule has 0 atom stereocenters. The number of ketones is 1. The molecule has 1 N–H and O–H groups in total. The van der Waals surface area contributed by atoms with Gasteiger partial charge in [0.25, 0.3) is 0 Å². The van der Waals surface area contributed by atoms with E-state index in [0.29, 0.717) is 11.3 Å². The average molecular weight is 413 g/mol. The van der Waals surface area contributed by atoms with Gasteiger partial charge in [0, 0.05) is 17.1 Å². The predicted molar refractivity (Wildman–Crippen MR) is 106 cm³/mol. The highest BCUT2D eigenvalue weighted by atomic mass is 32.2. The second-order valence-electron chi connectivity index (χ2n) is 6.22. The molecule has 4 aromatic rings. The number of alkyl halides is 3. The van der Waals surface area contributed by atoms with Crippen molar-refractivity contribution >= 4 is 28.4 Å². The van der Waals surface area contributed by atoms with E-state index in [0.717, 1.165) is 40.5 Å². The summed E-state index contributed by atoms with van der Waals surface area (Å²) in [5.41, 5.74) is 1.83. The Labute approximate surface area is 168 Å². The van der Waals surface area contributed by atoms with Crippen LogP contribution in [0.15, 0.2) is 72.0 Å². The normalized spacial score (nSPS) is 11.7. The van der Waals surface area contributed by atoms with Crippen LogP contribution < -0.4 is 0 Å². The molecular weight excluding hydrogens is 399 g/mol. The van der Waals surface area contributed by atoms with Crippen LogP contribution in [-0.2, 0) is 6.18 Å². The van der Waals surface area contributed by atoms with E-state index in [9.17, 15) is 18.0 Å². The van der Waals surface area contributed by atoms with Gasteiger partial charge in [-0.1, -0.05) is 60.3 Å².